The number of hydrogen-bond donors (Lipinski definition) is 1. The van der Waals surface area contributed by atoms with Crippen LogP contribution < -0.4 is 5.32 Å². The van der Waals surface area contributed by atoms with Gasteiger partial charge in [0.25, 0.3) is 0 Å². The number of amides is 1. The Morgan fingerprint density at radius 3 is 2.60 bits per heavy atom. The SMILES string of the molecule is CCOC(=O)c1nccc(NC2CCN(C(=O)OC(C)(C)C)CC2)n1. The summed E-state index contributed by atoms with van der Waals surface area (Å²) in [5, 5.41) is 3.29. The normalized spacial score (nSPS) is 15.6. The maximum atomic E-state index is 12.1. The summed E-state index contributed by atoms with van der Waals surface area (Å²) in [7, 11) is 0. The van der Waals surface area contributed by atoms with Crippen LogP contribution in [0.5, 0.6) is 0 Å². The topological polar surface area (TPSA) is 93.7 Å². The minimum Gasteiger partial charge on any atom is -0.460 e. The van der Waals surface area contributed by atoms with Crippen LogP contribution in [0.2, 0.25) is 0 Å². The maximum absolute atomic E-state index is 12.1. The molecule has 2 heterocycles. The van der Waals surface area contributed by atoms with Gasteiger partial charge in [0, 0.05) is 25.3 Å². The van der Waals surface area contributed by atoms with E-state index in [9.17, 15) is 9.59 Å². The van der Waals surface area contributed by atoms with Crippen LogP contribution in [0, 0.1) is 0 Å². The molecular weight excluding hydrogens is 324 g/mol. The first kappa shape index (κ1) is 19.0. The fourth-order valence-corrected chi connectivity index (χ4v) is 2.48. The Hall–Kier alpha value is -2.38. The van der Waals surface area contributed by atoms with Gasteiger partial charge in [-0.1, -0.05) is 0 Å². The predicted molar refractivity (Wildman–Crippen MR) is 92.4 cm³/mol. The van der Waals surface area contributed by atoms with Crippen molar-refractivity contribution in [1.29, 1.82) is 0 Å². The number of carbonyl (C=O) groups excluding carboxylic acids is 2. The summed E-state index contributed by atoms with van der Waals surface area (Å²) in [4.78, 5) is 33.6. The summed E-state index contributed by atoms with van der Waals surface area (Å²) in [5.74, 6) is 0.0812. The van der Waals surface area contributed by atoms with Gasteiger partial charge < -0.3 is 19.7 Å². The number of nitrogens with one attached hydrogen (secondary N) is 1. The number of ether oxygens (including phenoxy) is 2. The van der Waals surface area contributed by atoms with Crippen molar-refractivity contribution < 1.29 is 19.1 Å². The first-order valence-electron chi connectivity index (χ1n) is 8.53. The molecule has 0 atom stereocenters. The fraction of sp³-hybridized carbons (Fsp3) is 0.647. The highest BCUT2D eigenvalue weighted by Crippen LogP contribution is 2.18. The minimum atomic E-state index is -0.536. The molecule has 1 aromatic heterocycles. The molecule has 8 nitrogen and oxygen atoms in total. The van der Waals surface area contributed by atoms with Gasteiger partial charge in [-0.25, -0.2) is 19.6 Å². The van der Waals surface area contributed by atoms with E-state index < -0.39 is 11.6 Å². The van der Waals surface area contributed by atoms with Gasteiger partial charge >= 0.3 is 12.1 Å². The van der Waals surface area contributed by atoms with Crippen molar-refractivity contribution in [3.8, 4) is 0 Å². The quantitative estimate of drug-likeness (QED) is 0.834. The lowest BCUT2D eigenvalue weighted by Gasteiger charge is -2.33. The number of aromatic nitrogens is 2. The predicted octanol–water partition coefficient (Wildman–Crippen LogP) is 2.46. The molecule has 1 aromatic rings. The largest absolute Gasteiger partial charge is 0.460 e. The summed E-state index contributed by atoms with van der Waals surface area (Å²) in [6.07, 6.45) is 2.80. The highest BCUT2D eigenvalue weighted by Gasteiger charge is 2.27. The van der Waals surface area contributed by atoms with Gasteiger partial charge in [0.15, 0.2) is 0 Å². The number of likely N-dealkylation sites (tertiary alicyclic amines) is 1. The average molecular weight is 350 g/mol. The molecule has 8 heteroatoms. The molecule has 0 aliphatic carbocycles. The van der Waals surface area contributed by atoms with Crippen molar-refractivity contribution in [2.75, 3.05) is 25.0 Å². The molecule has 1 saturated heterocycles. The van der Waals surface area contributed by atoms with Crippen LogP contribution in [-0.2, 0) is 9.47 Å². The minimum absolute atomic E-state index is 0.0399. The van der Waals surface area contributed by atoms with Crippen molar-refractivity contribution in [3.63, 3.8) is 0 Å². The van der Waals surface area contributed by atoms with Crippen molar-refractivity contribution in [2.24, 2.45) is 0 Å². The van der Waals surface area contributed by atoms with Gasteiger partial charge in [0.1, 0.15) is 11.4 Å². The molecule has 1 fully saturated rings. The van der Waals surface area contributed by atoms with Gasteiger partial charge in [-0.15, -0.1) is 0 Å². The summed E-state index contributed by atoms with van der Waals surface area (Å²) in [6.45, 7) is 8.81. The Labute approximate surface area is 147 Å². The van der Waals surface area contributed by atoms with Crippen LogP contribution in [0.25, 0.3) is 0 Å². The van der Waals surface area contributed by atoms with Gasteiger partial charge in [-0.05, 0) is 46.6 Å². The molecule has 0 radical (unpaired) electrons. The molecule has 0 unspecified atom stereocenters. The van der Waals surface area contributed by atoms with E-state index in [-0.39, 0.29) is 24.6 Å². The summed E-state index contributed by atoms with van der Waals surface area (Å²) < 4.78 is 10.3. The monoisotopic (exact) mass is 350 g/mol. The van der Waals surface area contributed by atoms with E-state index in [1.165, 1.54) is 6.20 Å². The van der Waals surface area contributed by atoms with Gasteiger partial charge in [-0.2, -0.15) is 0 Å². The van der Waals surface area contributed by atoms with Crippen LogP contribution >= 0.6 is 0 Å². The van der Waals surface area contributed by atoms with E-state index in [4.69, 9.17) is 9.47 Å². The number of rotatable bonds is 4. The van der Waals surface area contributed by atoms with E-state index in [0.717, 1.165) is 12.8 Å². The Morgan fingerprint density at radius 1 is 1.32 bits per heavy atom. The Kier molecular flexibility index (Phi) is 6.17. The zero-order valence-electron chi connectivity index (χ0n) is 15.2. The maximum Gasteiger partial charge on any atom is 0.410 e. The lowest BCUT2D eigenvalue weighted by molar-refractivity contribution is 0.0210. The zero-order chi connectivity index (χ0) is 18.4. The van der Waals surface area contributed by atoms with Crippen LogP contribution in [0.1, 0.15) is 51.2 Å². The first-order valence-corrected chi connectivity index (χ1v) is 8.53. The van der Waals surface area contributed by atoms with Gasteiger partial charge in [0.05, 0.1) is 6.61 Å². The third-order valence-electron chi connectivity index (χ3n) is 3.61. The van der Waals surface area contributed by atoms with Crippen molar-refractivity contribution in [3.05, 3.63) is 18.1 Å². The van der Waals surface area contributed by atoms with Gasteiger partial charge in [0.2, 0.25) is 5.82 Å². The highest BCUT2D eigenvalue weighted by molar-refractivity contribution is 5.85. The van der Waals surface area contributed by atoms with Crippen molar-refractivity contribution >= 4 is 17.9 Å². The molecule has 1 amide bonds. The van der Waals surface area contributed by atoms with E-state index in [1.807, 2.05) is 20.8 Å². The Balaban J connectivity index is 1.87. The lowest BCUT2D eigenvalue weighted by atomic mass is 10.1. The third kappa shape index (κ3) is 5.88. The summed E-state index contributed by atoms with van der Waals surface area (Å²) in [5.41, 5.74) is -0.489. The Bertz CT molecular complexity index is 607. The zero-order valence-corrected chi connectivity index (χ0v) is 15.2. The molecule has 2 rings (SSSR count). The van der Waals surface area contributed by atoms with Crippen molar-refractivity contribution in [2.45, 2.75) is 52.2 Å². The number of anilines is 1. The number of carbonyl (C=O) groups is 2. The van der Waals surface area contributed by atoms with Crippen LogP contribution in [-0.4, -0.2) is 58.3 Å². The second-order valence-corrected chi connectivity index (χ2v) is 6.87. The van der Waals surface area contributed by atoms with Crippen LogP contribution in [0.4, 0.5) is 10.6 Å². The van der Waals surface area contributed by atoms with E-state index in [1.54, 1.807) is 17.9 Å². The van der Waals surface area contributed by atoms with E-state index in [0.29, 0.717) is 18.9 Å². The standard InChI is InChI=1S/C17H26N4O4/c1-5-24-15(22)14-18-9-6-13(20-14)19-12-7-10-21(11-8-12)16(23)25-17(2,3)4/h6,9,12H,5,7-8,10-11H2,1-4H3,(H,18,19,20). The van der Waals surface area contributed by atoms with Gasteiger partial charge in [-0.3, -0.25) is 0 Å². The fourth-order valence-electron chi connectivity index (χ4n) is 2.48. The molecule has 138 valence electrons. The number of nitrogens with zero attached hydrogens (tertiary/aromatic N) is 3. The Morgan fingerprint density at radius 2 is 2.00 bits per heavy atom. The number of piperidine rings is 1. The molecular formula is C17H26N4O4. The van der Waals surface area contributed by atoms with E-state index in [2.05, 4.69) is 15.3 Å². The summed E-state index contributed by atoms with van der Waals surface area (Å²) in [6, 6.07) is 1.88. The second-order valence-electron chi connectivity index (χ2n) is 6.87. The molecule has 0 spiro atoms. The first-order chi connectivity index (χ1) is 11.8. The third-order valence-corrected chi connectivity index (χ3v) is 3.61. The molecule has 1 aliphatic rings. The molecule has 25 heavy (non-hydrogen) atoms. The van der Waals surface area contributed by atoms with Crippen molar-refractivity contribution in [1.82, 2.24) is 14.9 Å². The molecule has 0 aromatic carbocycles. The summed E-state index contributed by atoms with van der Waals surface area (Å²) >= 11 is 0. The molecule has 1 N–H and O–H groups in total. The van der Waals surface area contributed by atoms with E-state index >= 15 is 0 Å². The number of esters is 1. The molecule has 0 saturated carbocycles. The second kappa shape index (κ2) is 8.13. The number of hydrogen-bond acceptors (Lipinski definition) is 7. The highest BCUT2D eigenvalue weighted by atomic mass is 16.6. The lowest BCUT2D eigenvalue weighted by Crippen LogP contribution is -2.44. The molecule has 1 aliphatic heterocycles. The van der Waals surface area contributed by atoms with Crippen LogP contribution in [0.3, 0.4) is 0 Å². The average Bonchev–Trinajstić information content (AvgIpc) is 2.54. The van der Waals surface area contributed by atoms with Crippen LogP contribution in [0.15, 0.2) is 12.3 Å². The smallest absolute Gasteiger partial charge is 0.410 e. The molecule has 0 bridgehead atoms.